The molecule has 332 valence electrons. The topological polar surface area (TPSA) is 26.2 Å². The Morgan fingerprint density at radius 3 is 1.30 bits per heavy atom. The number of fused-ring (bicyclic) bond motifs is 17. The number of hydrogen-bond acceptors (Lipinski definition) is 2. The van der Waals surface area contributed by atoms with Crippen LogP contribution >= 0.6 is 0 Å². The molecule has 0 spiro atoms. The molecule has 0 atom stereocenters. The van der Waals surface area contributed by atoms with E-state index in [1.54, 1.807) is 0 Å². The van der Waals surface area contributed by atoms with Crippen LogP contribution in [0.5, 0.6) is 0 Å². The molecule has 0 radical (unpaired) electrons. The lowest BCUT2D eigenvalue weighted by Gasteiger charge is -2.28. The van der Waals surface area contributed by atoms with Crippen LogP contribution in [-0.4, -0.2) is 9.13 Å². The predicted octanol–water partition coefficient (Wildman–Crippen LogP) is 17.9. The van der Waals surface area contributed by atoms with Crippen molar-refractivity contribution in [3.05, 3.63) is 235 Å². The van der Waals surface area contributed by atoms with E-state index in [1.165, 1.54) is 60.8 Å². The number of para-hydroxylation sites is 4. The summed E-state index contributed by atoms with van der Waals surface area (Å²) in [5.41, 5.74) is 22.5. The van der Waals surface area contributed by atoms with Gasteiger partial charge in [-0.3, -0.25) is 0 Å². The van der Waals surface area contributed by atoms with E-state index in [-0.39, 0.29) is 10.8 Å². The zero-order valence-electron chi connectivity index (χ0n) is 39.5. The van der Waals surface area contributed by atoms with Gasteiger partial charge in [-0.1, -0.05) is 143 Å². The van der Waals surface area contributed by atoms with Gasteiger partial charge in [0, 0.05) is 60.8 Å². The van der Waals surface area contributed by atoms with Crippen molar-refractivity contribution in [2.75, 3.05) is 4.90 Å². The van der Waals surface area contributed by atoms with E-state index < -0.39 is 0 Å². The Labute approximate surface area is 405 Å². The molecule has 2 aliphatic rings. The lowest BCUT2D eigenvalue weighted by Crippen LogP contribution is -2.17. The molecule has 3 heterocycles. The van der Waals surface area contributed by atoms with Gasteiger partial charge < -0.3 is 18.5 Å². The lowest BCUT2D eigenvalue weighted by molar-refractivity contribution is 0.660. The van der Waals surface area contributed by atoms with Gasteiger partial charge in [-0.25, -0.2) is 0 Å². The summed E-state index contributed by atoms with van der Waals surface area (Å²) in [5.74, 6) is 0. The fraction of sp³-hybridized carbons (Fsp3) is 0.0909. The van der Waals surface area contributed by atoms with Crippen LogP contribution in [0.1, 0.15) is 49.9 Å². The van der Waals surface area contributed by atoms with Crippen LogP contribution < -0.4 is 4.90 Å². The third kappa shape index (κ3) is 5.20. The van der Waals surface area contributed by atoms with Crippen LogP contribution in [0.25, 0.3) is 99.2 Å². The first-order valence-electron chi connectivity index (χ1n) is 24.5. The highest BCUT2D eigenvalue weighted by molar-refractivity contribution is 6.29. The smallest absolute Gasteiger partial charge is 0.145 e. The van der Waals surface area contributed by atoms with Crippen LogP contribution in [0.3, 0.4) is 0 Å². The highest BCUT2D eigenvalue weighted by atomic mass is 16.3. The molecule has 0 aliphatic heterocycles. The average Bonchev–Trinajstić information content (AvgIpc) is 4.16. The van der Waals surface area contributed by atoms with Crippen LogP contribution in [0.4, 0.5) is 17.1 Å². The predicted molar refractivity (Wildman–Crippen MR) is 292 cm³/mol. The number of rotatable bonds is 5. The summed E-state index contributed by atoms with van der Waals surface area (Å²) in [6.07, 6.45) is 0. The minimum absolute atomic E-state index is 0.101. The molecule has 0 N–H and O–H groups in total. The Morgan fingerprint density at radius 1 is 0.329 bits per heavy atom. The maximum Gasteiger partial charge on any atom is 0.145 e. The van der Waals surface area contributed by atoms with Crippen molar-refractivity contribution in [1.82, 2.24) is 9.13 Å². The summed E-state index contributed by atoms with van der Waals surface area (Å²) in [5, 5.41) is 6.90. The summed E-state index contributed by atoms with van der Waals surface area (Å²) < 4.78 is 12.2. The SMILES string of the molecule is CC1(C)c2ccccc2-c2ccc(-n3c4ccccc4c4c5oc6c(ccc7c6c6ccccc6n7-c6ccc7c(c6)C(C)(C)c6cc(N(c8ccccc8)c8ccccc8)ccc6-7)c5ccc43)cc21. The normalized spacial score (nSPS) is 14.2. The molecule has 13 aromatic rings. The van der Waals surface area contributed by atoms with Gasteiger partial charge in [0.2, 0.25) is 0 Å². The van der Waals surface area contributed by atoms with Gasteiger partial charge in [0.25, 0.3) is 0 Å². The fourth-order valence-corrected chi connectivity index (χ4v) is 12.8. The largest absolute Gasteiger partial charge is 0.455 e. The minimum Gasteiger partial charge on any atom is -0.455 e. The van der Waals surface area contributed by atoms with Gasteiger partial charge in [-0.15, -0.1) is 0 Å². The standard InChI is InChI=1S/C66H47N3O/c1-65(2)53-24-14-11-21-45(53)46-31-28-43(38-54(46)65)68-57-25-15-12-22-51(57)61-59(68)35-33-49-50-34-36-60-62(64(50)70-63(49)61)52-23-13-16-26-58(52)69(60)44-29-32-48-47-30-27-42(37-55(47)66(3,4)56(48)39-44)67(40-17-7-5-8-18-40)41-19-9-6-10-20-41/h5-39H,1-4H3. The summed E-state index contributed by atoms with van der Waals surface area (Å²) in [6.45, 7) is 9.48. The van der Waals surface area contributed by atoms with Crippen molar-refractivity contribution in [3.8, 4) is 33.6 Å². The van der Waals surface area contributed by atoms with E-state index in [0.29, 0.717) is 0 Å². The maximum atomic E-state index is 7.36. The molecule has 0 unspecified atom stereocenters. The molecule has 4 nitrogen and oxygen atoms in total. The third-order valence-electron chi connectivity index (χ3n) is 16.1. The van der Waals surface area contributed by atoms with E-state index in [0.717, 1.165) is 77.7 Å². The summed E-state index contributed by atoms with van der Waals surface area (Å²) >= 11 is 0. The zero-order chi connectivity index (χ0) is 46.6. The van der Waals surface area contributed by atoms with Crippen LogP contribution in [-0.2, 0) is 10.8 Å². The Balaban J connectivity index is 0.888. The van der Waals surface area contributed by atoms with Gasteiger partial charge in [0.05, 0.1) is 32.8 Å². The molecular formula is C66H47N3O. The van der Waals surface area contributed by atoms with Gasteiger partial charge in [-0.2, -0.15) is 0 Å². The van der Waals surface area contributed by atoms with E-state index in [4.69, 9.17) is 4.42 Å². The Hall–Kier alpha value is -8.60. The van der Waals surface area contributed by atoms with Crippen molar-refractivity contribution < 1.29 is 4.42 Å². The van der Waals surface area contributed by atoms with Crippen molar-refractivity contribution in [2.24, 2.45) is 0 Å². The van der Waals surface area contributed by atoms with Crippen LogP contribution in [0.15, 0.2) is 217 Å². The van der Waals surface area contributed by atoms with Gasteiger partial charge in [0.15, 0.2) is 0 Å². The Morgan fingerprint density at radius 2 is 0.757 bits per heavy atom. The summed E-state index contributed by atoms with van der Waals surface area (Å²) in [7, 11) is 0. The highest BCUT2D eigenvalue weighted by Gasteiger charge is 2.38. The molecule has 15 rings (SSSR count). The van der Waals surface area contributed by atoms with E-state index in [9.17, 15) is 0 Å². The average molecular weight is 898 g/mol. The molecule has 4 heteroatoms. The second-order valence-electron chi connectivity index (χ2n) is 20.5. The van der Waals surface area contributed by atoms with Gasteiger partial charge in [-0.05, 0) is 142 Å². The van der Waals surface area contributed by atoms with Crippen LogP contribution in [0.2, 0.25) is 0 Å². The third-order valence-corrected chi connectivity index (χ3v) is 16.1. The second-order valence-corrected chi connectivity index (χ2v) is 20.5. The molecule has 3 aromatic heterocycles. The number of furan rings is 1. The van der Waals surface area contributed by atoms with Crippen molar-refractivity contribution in [2.45, 2.75) is 38.5 Å². The zero-order valence-corrected chi connectivity index (χ0v) is 39.5. The number of hydrogen-bond donors (Lipinski definition) is 0. The first-order valence-corrected chi connectivity index (χ1v) is 24.5. The molecule has 10 aromatic carbocycles. The monoisotopic (exact) mass is 897 g/mol. The van der Waals surface area contributed by atoms with Gasteiger partial charge in [0.1, 0.15) is 11.2 Å². The molecule has 70 heavy (non-hydrogen) atoms. The van der Waals surface area contributed by atoms with E-state index in [1.807, 2.05) is 0 Å². The first-order chi connectivity index (χ1) is 34.3. The molecule has 0 bridgehead atoms. The van der Waals surface area contributed by atoms with E-state index in [2.05, 4.69) is 254 Å². The van der Waals surface area contributed by atoms with Gasteiger partial charge >= 0.3 is 0 Å². The Bertz CT molecular complexity index is 4310. The molecule has 0 amide bonds. The quantitative estimate of drug-likeness (QED) is 0.172. The minimum atomic E-state index is -0.244. The van der Waals surface area contributed by atoms with Crippen molar-refractivity contribution >= 4 is 82.6 Å². The molecular weight excluding hydrogens is 851 g/mol. The fourth-order valence-electron chi connectivity index (χ4n) is 12.8. The highest BCUT2D eigenvalue weighted by Crippen LogP contribution is 2.53. The number of nitrogens with zero attached hydrogens (tertiary/aromatic N) is 3. The van der Waals surface area contributed by atoms with E-state index >= 15 is 0 Å². The number of anilines is 3. The maximum absolute atomic E-state index is 7.36. The van der Waals surface area contributed by atoms with Crippen molar-refractivity contribution in [3.63, 3.8) is 0 Å². The van der Waals surface area contributed by atoms with Crippen LogP contribution in [0, 0.1) is 0 Å². The molecule has 0 fully saturated rings. The van der Waals surface area contributed by atoms with Crippen molar-refractivity contribution in [1.29, 1.82) is 0 Å². The second kappa shape index (κ2) is 14.0. The Kier molecular flexibility index (Phi) is 7.88. The molecule has 0 saturated heterocycles. The lowest BCUT2D eigenvalue weighted by atomic mass is 9.82. The summed E-state index contributed by atoms with van der Waals surface area (Å²) in [4.78, 5) is 2.36. The first kappa shape index (κ1) is 39.4. The molecule has 0 saturated carbocycles. The number of aromatic nitrogens is 2. The molecule has 2 aliphatic carbocycles. The summed E-state index contributed by atoms with van der Waals surface area (Å²) in [6, 6.07) is 78.2. The number of benzene rings is 10.